The van der Waals surface area contributed by atoms with Crippen molar-refractivity contribution in [2.45, 2.75) is 24.3 Å². The minimum Gasteiger partial charge on any atom is -0.349 e. The van der Waals surface area contributed by atoms with Crippen LogP contribution in [0.2, 0.25) is 0 Å². The Kier molecular flexibility index (Phi) is 4.42. The SMILES string of the molecule is C[C@@H](NC(=O)Cc1cn2ccsc2n1)c1ccc(S(C)(=O)=O)cc1. The molecule has 0 fully saturated rings. The Morgan fingerprint density at radius 3 is 2.67 bits per heavy atom. The first-order valence-electron chi connectivity index (χ1n) is 7.33. The smallest absolute Gasteiger partial charge is 0.226 e. The van der Waals surface area contributed by atoms with E-state index in [4.69, 9.17) is 0 Å². The minimum absolute atomic E-state index is 0.125. The molecule has 2 heterocycles. The fourth-order valence-electron chi connectivity index (χ4n) is 2.41. The van der Waals surface area contributed by atoms with Crippen LogP contribution in [0.4, 0.5) is 0 Å². The van der Waals surface area contributed by atoms with Gasteiger partial charge in [-0.1, -0.05) is 12.1 Å². The van der Waals surface area contributed by atoms with Gasteiger partial charge in [0.2, 0.25) is 5.91 Å². The van der Waals surface area contributed by atoms with Gasteiger partial charge >= 0.3 is 0 Å². The fraction of sp³-hybridized carbons (Fsp3) is 0.250. The second kappa shape index (κ2) is 6.37. The zero-order valence-electron chi connectivity index (χ0n) is 13.3. The van der Waals surface area contributed by atoms with Gasteiger partial charge in [-0.15, -0.1) is 11.3 Å². The van der Waals surface area contributed by atoms with Gasteiger partial charge in [-0.25, -0.2) is 13.4 Å². The van der Waals surface area contributed by atoms with E-state index in [0.717, 1.165) is 16.2 Å². The fourth-order valence-corrected chi connectivity index (χ4v) is 3.75. The summed E-state index contributed by atoms with van der Waals surface area (Å²) in [4.78, 5) is 17.7. The lowest BCUT2D eigenvalue weighted by molar-refractivity contribution is -0.121. The Balaban J connectivity index is 1.64. The number of nitrogens with one attached hydrogen (secondary N) is 1. The van der Waals surface area contributed by atoms with Gasteiger partial charge < -0.3 is 5.32 Å². The second-order valence-electron chi connectivity index (χ2n) is 5.63. The minimum atomic E-state index is -3.21. The van der Waals surface area contributed by atoms with Crippen LogP contribution >= 0.6 is 11.3 Å². The molecule has 0 aliphatic rings. The first-order valence-corrected chi connectivity index (χ1v) is 10.1. The van der Waals surface area contributed by atoms with Crippen LogP contribution in [0.15, 0.2) is 46.9 Å². The van der Waals surface area contributed by atoms with Crippen LogP contribution in [-0.2, 0) is 21.1 Å². The molecule has 1 amide bonds. The summed E-state index contributed by atoms with van der Waals surface area (Å²) < 4.78 is 24.8. The predicted octanol–water partition coefficient (Wildman–Crippen LogP) is 2.22. The van der Waals surface area contributed by atoms with E-state index in [1.807, 2.05) is 29.1 Å². The van der Waals surface area contributed by atoms with Crippen LogP contribution in [0, 0.1) is 0 Å². The molecule has 1 atom stereocenters. The van der Waals surface area contributed by atoms with Crippen molar-refractivity contribution in [2.75, 3.05) is 6.26 Å². The maximum absolute atomic E-state index is 12.2. The average molecular weight is 363 g/mol. The van der Waals surface area contributed by atoms with Crippen LogP contribution in [0.1, 0.15) is 24.2 Å². The Hall–Kier alpha value is -2.19. The quantitative estimate of drug-likeness (QED) is 0.754. The summed E-state index contributed by atoms with van der Waals surface area (Å²) in [5.41, 5.74) is 1.57. The number of benzene rings is 1. The Morgan fingerprint density at radius 1 is 1.33 bits per heavy atom. The van der Waals surface area contributed by atoms with Crippen molar-refractivity contribution < 1.29 is 13.2 Å². The molecule has 3 aromatic rings. The molecule has 0 unspecified atom stereocenters. The van der Waals surface area contributed by atoms with Gasteiger partial charge in [0.15, 0.2) is 14.8 Å². The molecule has 1 N–H and O–H groups in total. The third-order valence-corrected chi connectivity index (χ3v) is 5.57. The number of sulfone groups is 1. The zero-order valence-corrected chi connectivity index (χ0v) is 14.9. The van der Waals surface area contributed by atoms with Crippen LogP contribution in [-0.4, -0.2) is 30.0 Å². The van der Waals surface area contributed by atoms with Crippen LogP contribution in [0.3, 0.4) is 0 Å². The summed E-state index contributed by atoms with van der Waals surface area (Å²) in [6, 6.07) is 6.32. The largest absolute Gasteiger partial charge is 0.349 e. The molecule has 8 heteroatoms. The van der Waals surface area contributed by atoms with Crippen molar-refractivity contribution in [1.29, 1.82) is 0 Å². The molecule has 3 rings (SSSR count). The summed E-state index contributed by atoms with van der Waals surface area (Å²) in [6.45, 7) is 1.86. The number of hydrogen-bond acceptors (Lipinski definition) is 5. The predicted molar refractivity (Wildman–Crippen MR) is 92.9 cm³/mol. The van der Waals surface area contributed by atoms with E-state index in [9.17, 15) is 13.2 Å². The third-order valence-electron chi connectivity index (χ3n) is 3.67. The highest BCUT2D eigenvalue weighted by Crippen LogP contribution is 2.17. The van der Waals surface area contributed by atoms with Gasteiger partial charge in [0, 0.05) is 24.0 Å². The van der Waals surface area contributed by atoms with E-state index in [1.54, 1.807) is 24.3 Å². The molecule has 0 aliphatic heterocycles. The maximum atomic E-state index is 12.2. The molecular formula is C16H17N3O3S2. The molecule has 126 valence electrons. The summed E-state index contributed by atoms with van der Waals surface area (Å²) in [5, 5.41) is 4.84. The van der Waals surface area contributed by atoms with Crippen molar-refractivity contribution in [3.8, 4) is 0 Å². The summed E-state index contributed by atoms with van der Waals surface area (Å²) in [7, 11) is -3.21. The standard InChI is InChI=1S/C16H17N3O3S2/c1-11(12-3-5-14(6-4-12)24(2,21)22)17-15(20)9-13-10-19-7-8-23-16(19)18-13/h3-8,10-11H,9H2,1-2H3,(H,17,20)/t11-/m1/s1. The maximum Gasteiger partial charge on any atom is 0.226 e. The molecule has 0 bridgehead atoms. The number of thiazole rings is 1. The highest BCUT2D eigenvalue weighted by atomic mass is 32.2. The number of hydrogen-bond donors (Lipinski definition) is 1. The highest BCUT2D eigenvalue weighted by molar-refractivity contribution is 7.90. The molecule has 0 spiro atoms. The van der Waals surface area contributed by atoms with E-state index >= 15 is 0 Å². The summed E-state index contributed by atoms with van der Waals surface area (Å²) >= 11 is 1.52. The third kappa shape index (κ3) is 3.65. The van der Waals surface area contributed by atoms with Crippen LogP contribution < -0.4 is 5.32 Å². The number of rotatable bonds is 5. The molecular weight excluding hydrogens is 346 g/mol. The lowest BCUT2D eigenvalue weighted by atomic mass is 10.1. The van der Waals surface area contributed by atoms with Crippen molar-refractivity contribution in [3.05, 3.63) is 53.3 Å². The number of imidazole rings is 1. The Bertz CT molecular complexity index is 943. The van der Waals surface area contributed by atoms with Gasteiger partial charge in [-0.05, 0) is 24.6 Å². The van der Waals surface area contributed by atoms with Crippen LogP contribution in [0.5, 0.6) is 0 Å². The summed E-state index contributed by atoms with van der Waals surface area (Å²) in [6.07, 6.45) is 5.13. The molecule has 0 saturated heterocycles. The number of amides is 1. The number of carbonyl (C=O) groups excluding carboxylic acids is 1. The Labute approximate surface area is 144 Å². The zero-order chi connectivity index (χ0) is 17.3. The Morgan fingerprint density at radius 2 is 2.04 bits per heavy atom. The average Bonchev–Trinajstić information content (AvgIpc) is 3.07. The first-order chi connectivity index (χ1) is 11.3. The number of carbonyl (C=O) groups is 1. The molecule has 0 saturated carbocycles. The van der Waals surface area contributed by atoms with Crippen LogP contribution in [0.25, 0.3) is 4.96 Å². The van der Waals surface area contributed by atoms with Crippen molar-refractivity contribution in [1.82, 2.24) is 14.7 Å². The molecule has 6 nitrogen and oxygen atoms in total. The monoisotopic (exact) mass is 363 g/mol. The van der Waals surface area contributed by atoms with E-state index in [2.05, 4.69) is 10.3 Å². The number of fused-ring (bicyclic) bond motifs is 1. The second-order valence-corrected chi connectivity index (χ2v) is 8.52. The van der Waals surface area contributed by atoms with Gasteiger partial charge in [-0.3, -0.25) is 9.20 Å². The van der Waals surface area contributed by atoms with Gasteiger partial charge in [-0.2, -0.15) is 0 Å². The first kappa shape index (κ1) is 16.7. The van der Waals surface area contributed by atoms with Gasteiger partial charge in [0.1, 0.15) is 0 Å². The molecule has 0 aliphatic carbocycles. The lowest BCUT2D eigenvalue weighted by Crippen LogP contribution is -2.28. The van der Waals surface area contributed by atoms with E-state index < -0.39 is 9.84 Å². The van der Waals surface area contributed by atoms with Crippen molar-refractivity contribution in [3.63, 3.8) is 0 Å². The highest BCUT2D eigenvalue weighted by Gasteiger charge is 2.13. The van der Waals surface area contributed by atoms with E-state index in [1.165, 1.54) is 17.6 Å². The molecule has 1 aromatic carbocycles. The lowest BCUT2D eigenvalue weighted by Gasteiger charge is -2.14. The normalized spacial score (nSPS) is 13.1. The number of aromatic nitrogens is 2. The number of nitrogens with zero attached hydrogens (tertiary/aromatic N) is 2. The molecule has 24 heavy (non-hydrogen) atoms. The van der Waals surface area contributed by atoms with Gasteiger partial charge in [0.05, 0.1) is 23.1 Å². The molecule has 2 aromatic heterocycles. The summed E-state index contributed by atoms with van der Waals surface area (Å²) in [5.74, 6) is -0.125. The molecule has 0 radical (unpaired) electrons. The van der Waals surface area contributed by atoms with Gasteiger partial charge in [0.25, 0.3) is 0 Å². The van der Waals surface area contributed by atoms with E-state index in [0.29, 0.717) is 0 Å². The van der Waals surface area contributed by atoms with E-state index in [-0.39, 0.29) is 23.3 Å². The topological polar surface area (TPSA) is 80.5 Å². The van der Waals surface area contributed by atoms with Crippen molar-refractivity contribution in [2.24, 2.45) is 0 Å². The van der Waals surface area contributed by atoms with Crippen molar-refractivity contribution >= 4 is 32.0 Å².